The zero-order chi connectivity index (χ0) is 21.3. The Morgan fingerprint density at radius 1 is 0.867 bits per heavy atom. The second-order valence-corrected chi connectivity index (χ2v) is 6.48. The fraction of sp³-hybridized carbons (Fsp3) is 0.0435. The van der Waals surface area contributed by atoms with Gasteiger partial charge in [0.2, 0.25) is 0 Å². The molecule has 7 heteroatoms. The molecule has 0 bridgehead atoms. The molecule has 0 atom stereocenters. The Hall–Kier alpha value is -4.00. The summed E-state index contributed by atoms with van der Waals surface area (Å²) in [5.74, 6) is -2.75. The molecule has 4 rings (SSSR count). The highest BCUT2D eigenvalue weighted by atomic mass is 19.1. The molecule has 0 aliphatic carbocycles. The number of anilines is 2. The quantitative estimate of drug-likeness (QED) is 0.640. The summed E-state index contributed by atoms with van der Waals surface area (Å²) in [4.78, 5) is 27.1. The summed E-state index contributed by atoms with van der Waals surface area (Å²) >= 11 is 0. The first-order chi connectivity index (χ1) is 14.5. The van der Waals surface area contributed by atoms with Crippen LogP contribution in [-0.2, 0) is 9.59 Å². The maximum absolute atomic E-state index is 14.4. The Kier molecular flexibility index (Phi) is 5.02. The van der Waals surface area contributed by atoms with E-state index in [9.17, 15) is 18.4 Å². The van der Waals surface area contributed by atoms with Gasteiger partial charge in [-0.25, -0.2) is 13.7 Å². The van der Waals surface area contributed by atoms with Crippen LogP contribution < -0.4 is 15.0 Å². The van der Waals surface area contributed by atoms with Crippen molar-refractivity contribution < 1.29 is 23.1 Å². The summed E-state index contributed by atoms with van der Waals surface area (Å²) in [6, 6.07) is 18.0. The van der Waals surface area contributed by atoms with Gasteiger partial charge in [0.1, 0.15) is 23.1 Å². The lowest BCUT2D eigenvalue weighted by molar-refractivity contribution is -0.120. The number of carbonyl (C=O) groups excluding carboxylic acids is 2. The van der Waals surface area contributed by atoms with Gasteiger partial charge in [0.05, 0.1) is 24.1 Å². The van der Waals surface area contributed by atoms with Crippen molar-refractivity contribution in [3.05, 3.63) is 95.7 Å². The molecule has 0 unspecified atom stereocenters. The van der Waals surface area contributed by atoms with Crippen LogP contribution in [0.1, 0.15) is 5.56 Å². The van der Waals surface area contributed by atoms with E-state index in [2.05, 4.69) is 5.32 Å². The summed E-state index contributed by atoms with van der Waals surface area (Å²) in [6.07, 6.45) is 0. The number of benzene rings is 3. The third-order valence-corrected chi connectivity index (χ3v) is 4.66. The van der Waals surface area contributed by atoms with Crippen LogP contribution in [0, 0.1) is 11.6 Å². The van der Waals surface area contributed by atoms with Gasteiger partial charge in [-0.2, -0.15) is 0 Å². The molecule has 0 saturated heterocycles. The number of methoxy groups -OCH3 is 1. The lowest BCUT2D eigenvalue weighted by atomic mass is 10.0. The molecule has 5 nitrogen and oxygen atoms in total. The van der Waals surface area contributed by atoms with Crippen LogP contribution in [0.4, 0.5) is 20.2 Å². The number of nitrogens with one attached hydrogen (secondary N) is 1. The highest BCUT2D eigenvalue weighted by molar-refractivity contribution is 6.46. The summed E-state index contributed by atoms with van der Waals surface area (Å²) in [5, 5.41) is 2.95. The van der Waals surface area contributed by atoms with Crippen LogP contribution in [0.5, 0.6) is 5.75 Å². The fourth-order valence-corrected chi connectivity index (χ4v) is 3.28. The number of amides is 2. The molecule has 0 aromatic heterocycles. The van der Waals surface area contributed by atoms with E-state index in [1.165, 1.54) is 7.11 Å². The molecule has 2 amide bonds. The number of halogens is 2. The van der Waals surface area contributed by atoms with Gasteiger partial charge in [-0.05, 0) is 29.8 Å². The standard InChI is InChI=1S/C23H16F2N2O3/c1-30-19-10-6-5-9-17(19)26-21-20(14-7-3-2-4-8-14)22(28)27(23(21)29)18-13-15(24)11-12-16(18)25/h2-13,26H,1H3. The number of hydrogen-bond acceptors (Lipinski definition) is 4. The topological polar surface area (TPSA) is 58.6 Å². The average Bonchev–Trinajstić information content (AvgIpc) is 3.00. The van der Waals surface area contributed by atoms with E-state index in [4.69, 9.17) is 4.74 Å². The highest BCUT2D eigenvalue weighted by Gasteiger charge is 2.41. The molecule has 150 valence electrons. The zero-order valence-electron chi connectivity index (χ0n) is 15.9. The molecular formula is C23H16F2N2O3. The molecule has 1 heterocycles. The van der Waals surface area contributed by atoms with Crippen molar-refractivity contribution in [3.8, 4) is 5.75 Å². The van der Waals surface area contributed by atoms with Gasteiger partial charge < -0.3 is 10.1 Å². The van der Waals surface area contributed by atoms with Crippen molar-refractivity contribution in [2.24, 2.45) is 0 Å². The fourth-order valence-electron chi connectivity index (χ4n) is 3.28. The largest absolute Gasteiger partial charge is 0.495 e. The molecule has 0 saturated carbocycles. The average molecular weight is 406 g/mol. The smallest absolute Gasteiger partial charge is 0.282 e. The molecule has 1 N–H and O–H groups in total. The van der Waals surface area contributed by atoms with Crippen LogP contribution in [-0.4, -0.2) is 18.9 Å². The van der Waals surface area contributed by atoms with E-state index in [1.54, 1.807) is 54.6 Å². The normalized spacial score (nSPS) is 13.8. The van der Waals surface area contributed by atoms with Gasteiger partial charge in [-0.1, -0.05) is 42.5 Å². The van der Waals surface area contributed by atoms with Gasteiger partial charge in [0.15, 0.2) is 0 Å². The summed E-state index contributed by atoms with van der Waals surface area (Å²) in [6.45, 7) is 0. The van der Waals surface area contributed by atoms with Gasteiger partial charge >= 0.3 is 0 Å². The minimum absolute atomic E-state index is 0.0511. The third-order valence-electron chi connectivity index (χ3n) is 4.66. The first-order valence-electron chi connectivity index (χ1n) is 9.05. The Labute approximate surface area is 171 Å². The molecule has 30 heavy (non-hydrogen) atoms. The number of ether oxygens (including phenoxy) is 1. The lowest BCUT2D eigenvalue weighted by Gasteiger charge is -2.16. The number of imide groups is 1. The molecule has 0 fully saturated rings. The number of nitrogens with zero attached hydrogens (tertiary/aromatic N) is 1. The lowest BCUT2D eigenvalue weighted by Crippen LogP contribution is -2.33. The van der Waals surface area contributed by atoms with Crippen LogP contribution in [0.2, 0.25) is 0 Å². The zero-order valence-corrected chi connectivity index (χ0v) is 15.9. The summed E-state index contributed by atoms with van der Waals surface area (Å²) in [5.41, 5.74) is 0.462. The molecule has 3 aromatic carbocycles. The second-order valence-electron chi connectivity index (χ2n) is 6.48. The van der Waals surface area contributed by atoms with Crippen molar-refractivity contribution >= 4 is 28.8 Å². The summed E-state index contributed by atoms with van der Waals surface area (Å²) in [7, 11) is 1.48. The van der Waals surface area contributed by atoms with Gasteiger partial charge in [-0.3, -0.25) is 9.59 Å². The maximum atomic E-state index is 14.4. The van der Waals surface area contributed by atoms with E-state index < -0.39 is 29.1 Å². The first kappa shape index (κ1) is 19.3. The van der Waals surface area contributed by atoms with Crippen molar-refractivity contribution in [1.82, 2.24) is 0 Å². The minimum atomic E-state index is -0.885. The predicted molar refractivity (Wildman–Crippen MR) is 109 cm³/mol. The van der Waals surface area contributed by atoms with Gasteiger partial charge in [0, 0.05) is 6.07 Å². The third kappa shape index (κ3) is 3.30. The Bertz CT molecular complexity index is 1180. The summed E-state index contributed by atoms with van der Waals surface area (Å²) < 4.78 is 33.5. The first-order valence-corrected chi connectivity index (χ1v) is 9.05. The van der Waals surface area contributed by atoms with E-state index in [1.807, 2.05) is 0 Å². The minimum Gasteiger partial charge on any atom is -0.495 e. The predicted octanol–water partition coefficient (Wildman–Crippen LogP) is 4.37. The van der Waals surface area contributed by atoms with Gasteiger partial charge in [-0.15, -0.1) is 0 Å². The molecule has 1 aliphatic rings. The van der Waals surface area contributed by atoms with Crippen LogP contribution in [0.3, 0.4) is 0 Å². The van der Waals surface area contributed by atoms with E-state index in [0.717, 1.165) is 18.2 Å². The molecule has 0 radical (unpaired) electrons. The van der Waals surface area contributed by atoms with Crippen molar-refractivity contribution in [2.75, 3.05) is 17.3 Å². The van der Waals surface area contributed by atoms with Gasteiger partial charge in [0.25, 0.3) is 11.8 Å². The van der Waals surface area contributed by atoms with Crippen LogP contribution >= 0.6 is 0 Å². The Morgan fingerprint density at radius 3 is 2.30 bits per heavy atom. The number of rotatable bonds is 5. The Morgan fingerprint density at radius 2 is 1.57 bits per heavy atom. The SMILES string of the molecule is COc1ccccc1NC1=C(c2ccccc2)C(=O)N(c2cc(F)ccc2F)C1=O. The highest BCUT2D eigenvalue weighted by Crippen LogP contribution is 2.36. The molecular weight excluding hydrogens is 390 g/mol. The van der Waals surface area contributed by atoms with Crippen molar-refractivity contribution in [3.63, 3.8) is 0 Å². The van der Waals surface area contributed by atoms with E-state index in [-0.39, 0.29) is 11.3 Å². The van der Waals surface area contributed by atoms with E-state index >= 15 is 0 Å². The number of carbonyl (C=O) groups is 2. The van der Waals surface area contributed by atoms with E-state index in [0.29, 0.717) is 21.9 Å². The van der Waals surface area contributed by atoms with Crippen molar-refractivity contribution in [1.29, 1.82) is 0 Å². The molecule has 3 aromatic rings. The monoisotopic (exact) mass is 406 g/mol. The van der Waals surface area contributed by atoms with Crippen LogP contribution in [0.25, 0.3) is 5.57 Å². The van der Waals surface area contributed by atoms with Crippen molar-refractivity contribution in [2.45, 2.75) is 0 Å². The molecule has 1 aliphatic heterocycles. The second kappa shape index (κ2) is 7.79. The number of hydrogen-bond donors (Lipinski definition) is 1. The molecule has 0 spiro atoms. The maximum Gasteiger partial charge on any atom is 0.282 e. The Balaban J connectivity index is 1.86. The number of para-hydroxylation sites is 2. The van der Waals surface area contributed by atoms with Crippen LogP contribution in [0.15, 0.2) is 78.5 Å².